The molecule has 1 fully saturated rings. The Morgan fingerprint density at radius 1 is 1.26 bits per heavy atom. The van der Waals surface area contributed by atoms with Crippen LogP contribution in [0.1, 0.15) is 31.2 Å². The molecule has 0 aromatic heterocycles. The molecule has 1 amide bonds. The summed E-state index contributed by atoms with van der Waals surface area (Å²) in [6.45, 7) is 0. The van der Waals surface area contributed by atoms with Gasteiger partial charge in [-0.25, -0.2) is 0 Å². The maximum Gasteiger partial charge on any atom is 0.224 e. The SMILES string of the molecule is COc1ccc(CC(=O)NC2CCCC2)c(OC)c1. The monoisotopic (exact) mass is 263 g/mol. The van der Waals surface area contributed by atoms with Gasteiger partial charge in [-0.1, -0.05) is 18.9 Å². The smallest absolute Gasteiger partial charge is 0.224 e. The molecule has 0 atom stereocenters. The van der Waals surface area contributed by atoms with Gasteiger partial charge in [0, 0.05) is 17.7 Å². The first kappa shape index (κ1) is 13.7. The van der Waals surface area contributed by atoms with Gasteiger partial charge < -0.3 is 14.8 Å². The Labute approximate surface area is 114 Å². The van der Waals surface area contributed by atoms with Crippen LogP contribution < -0.4 is 14.8 Å². The Kier molecular flexibility index (Phi) is 4.66. The molecule has 0 unspecified atom stereocenters. The molecule has 1 saturated carbocycles. The van der Waals surface area contributed by atoms with Crippen molar-refractivity contribution >= 4 is 5.91 Å². The lowest BCUT2D eigenvalue weighted by molar-refractivity contribution is -0.121. The first-order valence-corrected chi connectivity index (χ1v) is 6.73. The summed E-state index contributed by atoms with van der Waals surface area (Å²) in [5, 5.41) is 3.08. The fourth-order valence-electron chi connectivity index (χ4n) is 2.52. The van der Waals surface area contributed by atoms with E-state index >= 15 is 0 Å². The Hall–Kier alpha value is -1.71. The molecule has 104 valence electrons. The molecular weight excluding hydrogens is 242 g/mol. The molecule has 1 aromatic rings. The summed E-state index contributed by atoms with van der Waals surface area (Å²) in [6, 6.07) is 5.89. The topological polar surface area (TPSA) is 47.6 Å². The lowest BCUT2D eigenvalue weighted by Crippen LogP contribution is -2.33. The zero-order valence-electron chi connectivity index (χ0n) is 11.6. The predicted octanol–water partition coefficient (Wildman–Crippen LogP) is 2.31. The molecular formula is C15H21NO3. The highest BCUT2D eigenvalue weighted by Gasteiger charge is 2.18. The summed E-state index contributed by atoms with van der Waals surface area (Å²) < 4.78 is 10.4. The highest BCUT2D eigenvalue weighted by molar-refractivity contribution is 5.79. The van der Waals surface area contributed by atoms with E-state index in [0.717, 1.165) is 24.2 Å². The van der Waals surface area contributed by atoms with Gasteiger partial charge in [-0.3, -0.25) is 4.79 Å². The number of amides is 1. The van der Waals surface area contributed by atoms with Gasteiger partial charge in [0.1, 0.15) is 11.5 Å². The molecule has 0 radical (unpaired) electrons. The number of carbonyl (C=O) groups is 1. The van der Waals surface area contributed by atoms with Gasteiger partial charge >= 0.3 is 0 Å². The normalized spacial score (nSPS) is 15.3. The van der Waals surface area contributed by atoms with Gasteiger partial charge in [-0.15, -0.1) is 0 Å². The second-order valence-electron chi connectivity index (χ2n) is 4.90. The van der Waals surface area contributed by atoms with Crippen molar-refractivity contribution < 1.29 is 14.3 Å². The molecule has 1 aliphatic rings. The fraction of sp³-hybridized carbons (Fsp3) is 0.533. The summed E-state index contributed by atoms with van der Waals surface area (Å²) >= 11 is 0. The number of methoxy groups -OCH3 is 2. The Morgan fingerprint density at radius 2 is 2.00 bits per heavy atom. The number of hydrogen-bond donors (Lipinski definition) is 1. The first-order valence-electron chi connectivity index (χ1n) is 6.73. The van der Waals surface area contributed by atoms with E-state index < -0.39 is 0 Å². The fourth-order valence-corrected chi connectivity index (χ4v) is 2.52. The van der Waals surface area contributed by atoms with Crippen molar-refractivity contribution in [1.82, 2.24) is 5.32 Å². The molecule has 0 aliphatic heterocycles. The van der Waals surface area contributed by atoms with E-state index in [1.54, 1.807) is 20.3 Å². The van der Waals surface area contributed by atoms with Crippen LogP contribution in [0.15, 0.2) is 18.2 Å². The molecule has 0 bridgehead atoms. The van der Waals surface area contributed by atoms with Crippen molar-refractivity contribution in [3.05, 3.63) is 23.8 Å². The minimum atomic E-state index is 0.0652. The van der Waals surface area contributed by atoms with Gasteiger partial charge in [0.2, 0.25) is 5.91 Å². The van der Waals surface area contributed by atoms with E-state index in [9.17, 15) is 4.79 Å². The van der Waals surface area contributed by atoms with Crippen molar-refractivity contribution in [3.63, 3.8) is 0 Å². The van der Waals surface area contributed by atoms with Gasteiger partial charge in [0.15, 0.2) is 0 Å². The van der Waals surface area contributed by atoms with Crippen LogP contribution in [0.3, 0.4) is 0 Å². The lowest BCUT2D eigenvalue weighted by atomic mass is 10.1. The maximum atomic E-state index is 12.0. The third-order valence-corrected chi connectivity index (χ3v) is 3.57. The van der Waals surface area contributed by atoms with Gasteiger partial charge in [-0.05, 0) is 18.9 Å². The van der Waals surface area contributed by atoms with Crippen LogP contribution in [0.4, 0.5) is 0 Å². The molecule has 4 heteroatoms. The summed E-state index contributed by atoms with van der Waals surface area (Å²) in [5.74, 6) is 1.49. The predicted molar refractivity (Wildman–Crippen MR) is 73.6 cm³/mol. The van der Waals surface area contributed by atoms with Crippen molar-refractivity contribution in [2.75, 3.05) is 14.2 Å². The van der Waals surface area contributed by atoms with E-state index in [1.807, 2.05) is 12.1 Å². The van der Waals surface area contributed by atoms with Crippen LogP contribution in [-0.4, -0.2) is 26.2 Å². The van der Waals surface area contributed by atoms with E-state index in [1.165, 1.54) is 12.8 Å². The van der Waals surface area contributed by atoms with Crippen LogP contribution in [0.5, 0.6) is 11.5 Å². The third-order valence-electron chi connectivity index (χ3n) is 3.57. The van der Waals surface area contributed by atoms with E-state index in [-0.39, 0.29) is 5.91 Å². The molecule has 2 rings (SSSR count). The van der Waals surface area contributed by atoms with Crippen LogP contribution >= 0.6 is 0 Å². The summed E-state index contributed by atoms with van der Waals surface area (Å²) in [6.07, 6.45) is 4.99. The van der Waals surface area contributed by atoms with Crippen molar-refractivity contribution in [2.45, 2.75) is 38.1 Å². The average molecular weight is 263 g/mol. The Balaban J connectivity index is 1.99. The second kappa shape index (κ2) is 6.45. The van der Waals surface area contributed by atoms with Crippen LogP contribution in [0.25, 0.3) is 0 Å². The van der Waals surface area contributed by atoms with E-state index in [4.69, 9.17) is 9.47 Å². The van der Waals surface area contributed by atoms with Crippen molar-refractivity contribution in [3.8, 4) is 11.5 Å². The largest absolute Gasteiger partial charge is 0.497 e. The van der Waals surface area contributed by atoms with E-state index in [0.29, 0.717) is 18.2 Å². The number of benzene rings is 1. The number of hydrogen-bond acceptors (Lipinski definition) is 3. The van der Waals surface area contributed by atoms with Gasteiger partial charge in [-0.2, -0.15) is 0 Å². The Bertz CT molecular complexity index is 439. The van der Waals surface area contributed by atoms with Crippen LogP contribution in [-0.2, 0) is 11.2 Å². The number of nitrogens with one attached hydrogen (secondary N) is 1. The Morgan fingerprint density at radius 3 is 2.63 bits per heavy atom. The number of ether oxygens (including phenoxy) is 2. The molecule has 1 aromatic carbocycles. The van der Waals surface area contributed by atoms with Crippen LogP contribution in [0.2, 0.25) is 0 Å². The summed E-state index contributed by atoms with van der Waals surface area (Å²) in [5.41, 5.74) is 0.888. The maximum absolute atomic E-state index is 12.0. The standard InChI is InChI=1S/C15H21NO3/c1-18-13-8-7-11(14(10-13)19-2)9-15(17)16-12-5-3-4-6-12/h7-8,10,12H,3-6,9H2,1-2H3,(H,16,17). The zero-order valence-corrected chi connectivity index (χ0v) is 11.6. The quantitative estimate of drug-likeness (QED) is 0.886. The molecule has 4 nitrogen and oxygen atoms in total. The highest BCUT2D eigenvalue weighted by Crippen LogP contribution is 2.25. The van der Waals surface area contributed by atoms with Crippen LogP contribution in [0, 0.1) is 0 Å². The minimum Gasteiger partial charge on any atom is -0.497 e. The highest BCUT2D eigenvalue weighted by atomic mass is 16.5. The van der Waals surface area contributed by atoms with Gasteiger partial charge in [0.25, 0.3) is 0 Å². The first-order chi connectivity index (χ1) is 9.22. The molecule has 0 spiro atoms. The zero-order chi connectivity index (χ0) is 13.7. The van der Waals surface area contributed by atoms with Crippen molar-refractivity contribution in [1.29, 1.82) is 0 Å². The molecule has 19 heavy (non-hydrogen) atoms. The third kappa shape index (κ3) is 3.63. The lowest BCUT2D eigenvalue weighted by Gasteiger charge is -2.14. The van der Waals surface area contributed by atoms with E-state index in [2.05, 4.69) is 5.32 Å². The number of rotatable bonds is 5. The molecule has 1 aliphatic carbocycles. The molecule has 0 heterocycles. The second-order valence-corrected chi connectivity index (χ2v) is 4.90. The average Bonchev–Trinajstić information content (AvgIpc) is 2.91. The molecule has 0 saturated heterocycles. The summed E-state index contributed by atoms with van der Waals surface area (Å²) in [7, 11) is 3.22. The number of carbonyl (C=O) groups excluding carboxylic acids is 1. The van der Waals surface area contributed by atoms with Crippen molar-refractivity contribution in [2.24, 2.45) is 0 Å². The minimum absolute atomic E-state index is 0.0652. The van der Waals surface area contributed by atoms with Gasteiger partial charge in [0.05, 0.1) is 20.6 Å². The summed E-state index contributed by atoms with van der Waals surface area (Å²) in [4.78, 5) is 12.0. The molecule has 1 N–H and O–H groups in total.